The van der Waals surface area contributed by atoms with Gasteiger partial charge in [-0.05, 0) is 74.1 Å². The van der Waals surface area contributed by atoms with Gasteiger partial charge in [-0.25, -0.2) is 0 Å². The number of benzene rings is 1. The molecule has 0 unspecified atom stereocenters. The first kappa shape index (κ1) is 11.1. The lowest BCUT2D eigenvalue weighted by molar-refractivity contribution is 0.361. The van der Waals surface area contributed by atoms with Crippen LogP contribution in [0.1, 0.15) is 50.2 Å². The molecule has 0 amide bonds. The van der Waals surface area contributed by atoms with Crippen LogP contribution in [-0.2, 0) is 12.8 Å². The largest absolute Gasteiger partial charge is 0.382 e. The van der Waals surface area contributed by atoms with Gasteiger partial charge in [-0.15, -0.1) is 0 Å². The summed E-state index contributed by atoms with van der Waals surface area (Å²) in [5.41, 5.74) is 4.51. The van der Waals surface area contributed by atoms with Gasteiger partial charge in [-0.3, -0.25) is 0 Å². The molecule has 0 atom stereocenters. The summed E-state index contributed by atoms with van der Waals surface area (Å²) in [6.07, 6.45) is 9.39. The van der Waals surface area contributed by atoms with Crippen molar-refractivity contribution in [1.82, 2.24) is 0 Å². The van der Waals surface area contributed by atoms with Crippen molar-refractivity contribution in [3.05, 3.63) is 29.3 Å². The molecule has 0 bridgehead atoms. The van der Waals surface area contributed by atoms with Gasteiger partial charge in [-0.1, -0.05) is 13.0 Å². The Morgan fingerprint density at radius 3 is 2.59 bits per heavy atom. The third kappa shape index (κ3) is 2.48. The zero-order valence-electron chi connectivity index (χ0n) is 10.8. The normalized spacial score (nSPS) is 27.8. The zero-order valence-corrected chi connectivity index (χ0v) is 10.8. The lowest BCUT2D eigenvalue weighted by atomic mass is 9.87. The minimum absolute atomic E-state index is 0.714. The van der Waals surface area contributed by atoms with Crippen LogP contribution in [0.4, 0.5) is 5.69 Å². The molecule has 1 nitrogen and oxygen atoms in total. The van der Waals surface area contributed by atoms with E-state index in [9.17, 15) is 0 Å². The topological polar surface area (TPSA) is 12.0 Å². The Morgan fingerprint density at radius 2 is 1.76 bits per heavy atom. The third-order valence-electron chi connectivity index (χ3n) is 4.49. The maximum atomic E-state index is 3.73. The average Bonchev–Trinajstić information content (AvgIpc) is 2.79. The summed E-state index contributed by atoms with van der Waals surface area (Å²) < 4.78 is 0. The van der Waals surface area contributed by atoms with E-state index in [1.54, 1.807) is 11.1 Å². The fraction of sp³-hybridized carbons (Fsp3) is 0.625. The first-order valence-corrected chi connectivity index (χ1v) is 7.19. The molecular weight excluding hydrogens is 206 g/mol. The monoisotopic (exact) mass is 229 g/mol. The van der Waals surface area contributed by atoms with Crippen molar-refractivity contribution in [1.29, 1.82) is 0 Å². The third-order valence-corrected chi connectivity index (χ3v) is 4.49. The Hall–Kier alpha value is -0.980. The lowest BCUT2D eigenvalue weighted by Crippen LogP contribution is -2.25. The van der Waals surface area contributed by atoms with Crippen molar-refractivity contribution >= 4 is 5.69 Å². The molecule has 0 heterocycles. The number of hydrogen-bond acceptors (Lipinski definition) is 1. The van der Waals surface area contributed by atoms with Gasteiger partial charge in [0.05, 0.1) is 0 Å². The molecule has 1 aromatic rings. The Kier molecular flexibility index (Phi) is 3.09. The summed E-state index contributed by atoms with van der Waals surface area (Å²) in [5.74, 6) is 0.938. The van der Waals surface area contributed by atoms with Crippen LogP contribution in [0, 0.1) is 5.92 Å². The highest BCUT2D eigenvalue weighted by atomic mass is 14.9. The van der Waals surface area contributed by atoms with E-state index in [0.717, 1.165) is 5.92 Å². The molecule has 3 rings (SSSR count). The number of nitrogens with one attached hydrogen (secondary N) is 1. The second kappa shape index (κ2) is 4.72. The first-order valence-electron chi connectivity index (χ1n) is 7.19. The van der Waals surface area contributed by atoms with Crippen LogP contribution in [0.3, 0.4) is 0 Å². The van der Waals surface area contributed by atoms with E-state index in [4.69, 9.17) is 0 Å². The van der Waals surface area contributed by atoms with Crippen molar-refractivity contribution in [2.75, 3.05) is 5.32 Å². The molecular formula is C16H23N. The highest BCUT2D eigenvalue weighted by Crippen LogP contribution is 2.28. The number of fused-ring (bicyclic) bond motifs is 1. The number of aryl methyl sites for hydroxylation is 2. The molecule has 1 fully saturated rings. The van der Waals surface area contributed by atoms with Gasteiger partial charge in [-0.2, -0.15) is 0 Å². The van der Waals surface area contributed by atoms with Gasteiger partial charge in [0, 0.05) is 11.7 Å². The number of rotatable bonds is 2. The van der Waals surface area contributed by atoms with Crippen molar-refractivity contribution < 1.29 is 0 Å². The van der Waals surface area contributed by atoms with E-state index in [0.29, 0.717) is 6.04 Å². The molecule has 1 heteroatoms. The van der Waals surface area contributed by atoms with Crippen molar-refractivity contribution in [2.24, 2.45) is 5.92 Å². The number of anilines is 1. The number of hydrogen-bond donors (Lipinski definition) is 1. The van der Waals surface area contributed by atoms with E-state index >= 15 is 0 Å². The fourth-order valence-electron chi connectivity index (χ4n) is 3.30. The summed E-state index contributed by atoms with van der Waals surface area (Å²) in [7, 11) is 0. The Balaban J connectivity index is 1.65. The zero-order chi connectivity index (χ0) is 11.7. The summed E-state index contributed by atoms with van der Waals surface area (Å²) in [6, 6.07) is 7.71. The Morgan fingerprint density at radius 1 is 1.00 bits per heavy atom. The second-order valence-corrected chi connectivity index (χ2v) is 5.94. The Labute approximate surface area is 105 Å². The smallest absolute Gasteiger partial charge is 0.0345 e. The van der Waals surface area contributed by atoms with Crippen LogP contribution < -0.4 is 5.32 Å². The van der Waals surface area contributed by atoms with Gasteiger partial charge in [0.1, 0.15) is 0 Å². The molecule has 2 aliphatic carbocycles. The minimum Gasteiger partial charge on any atom is -0.382 e. The van der Waals surface area contributed by atoms with Gasteiger partial charge in [0.15, 0.2) is 0 Å². The highest BCUT2D eigenvalue weighted by Gasteiger charge is 2.18. The fourth-order valence-corrected chi connectivity index (χ4v) is 3.30. The van der Waals surface area contributed by atoms with E-state index in [-0.39, 0.29) is 0 Å². The van der Waals surface area contributed by atoms with Gasteiger partial charge < -0.3 is 5.32 Å². The lowest BCUT2D eigenvalue weighted by Gasteiger charge is -2.28. The summed E-state index contributed by atoms with van der Waals surface area (Å²) in [4.78, 5) is 0. The Bertz CT molecular complexity index is 389. The maximum absolute atomic E-state index is 3.73. The molecule has 0 spiro atoms. The van der Waals surface area contributed by atoms with Crippen LogP contribution in [0.5, 0.6) is 0 Å². The van der Waals surface area contributed by atoms with Gasteiger partial charge >= 0.3 is 0 Å². The van der Waals surface area contributed by atoms with E-state index in [2.05, 4.69) is 30.4 Å². The van der Waals surface area contributed by atoms with Crippen LogP contribution in [0.2, 0.25) is 0 Å². The van der Waals surface area contributed by atoms with Crippen LogP contribution >= 0.6 is 0 Å². The van der Waals surface area contributed by atoms with Crippen LogP contribution in [0.15, 0.2) is 18.2 Å². The summed E-state index contributed by atoms with van der Waals surface area (Å²) in [6.45, 7) is 2.38. The average molecular weight is 229 g/mol. The molecule has 2 aliphatic rings. The molecule has 0 aliphatic heterocycles. The van der Waals surface area contributed by atoms with Crippen molar-refractivity contribution in [3.8, 4) is 0 Å². The molecule has 1 saturated carbocycles. The van der Waals surface area contributed by atoms with E-state index in [1.165, 1.54) is 50.6 Å². The predicted molar refractivity (Wildman–Crippen MR) is 73.5 cm³/mol. The molecule has 0 saturated heterocycles. The van der Waals surface area contributed by atoms with Crippen molar-refractivity contribution in [3.63, 3.8) is 0 Å². The van der Waals surface area contributed by atoms with Gasteiger partial charge in [0.25, 0.3) is 0 Å². The minimum atomic E-state index is 0.714. The highest BCUT2D eigenvalue weighted by molar-refractivity contribution is 5.50. The second-order valence-electron chi connectivity index (χ2n) is 5.94. The molecule has 92 valence electrons. The molecule has 1 N–H and O–H groups in total. The quantitative estimate of drug-likeness (QED) is 0.802. The molecule has 0 radical (unpaired) electrons. The molecule has 1 aromatic carbocycles. The molecule has 17 heavy (non-hydrogen) atoms. The van der Waals surface area contributed by atoms with E-state index in [1.807, 2.05) is 0 Å². The van der Waals surface area contributed by atoms with Crippen molar-refractivity contribution in [2.45, 2.75) is 57.9 Å². The molecule has 0 aromatic heterocycles. The SMILES string of the molecule is CC1CCC(Nc2ccc3c(c2)CCC3)CC1. The van der Waals surface area contributed by atoms with Crippen LogP contribution in [-0.4, -0.2) is 6.04 Å². The van der Waals surface area contributed by atoms with E-state index < -0.39 is 0 Å². The summed E-state index contributed by atoms with van der Waals surface area (Å²) >= 11 is 0. The summed E-state index contributed by atoms with van der Waals surface area (Å²) in [5, 5.41) is 3.73. The maximum Gasteiger partial charge on any atom is 0.0345 e. The standard InChI is InChI=1S/C16H23N/c1-12-5-8-15(9-6-12)17-16-10-7-13-3-2-4-14(13)11-16/h7,10-12,15,17H,2-6,8-9H2,1H3. The van der Waals surface area contributed by atoms with Crippen LogP contribution in [0.25, 0.3) is 0 Å². The predicted octanol–water partition coefficient (Wildman–Crippen LogP) is 4.17. The van der Waals surface area contributed by atoms with Gasteiger partial charge in [0.2, 0.25) is 0 Å². The first-order chi connectivity index (χ1) is 8.31.